The van der Waals surface area contributed by atoms with E-state index in [1.165, 1.54) is 7.11 Å². The fourth-order valence-corrected chi connectivity index (χ4v) is 12.4. The van der Waals surface area contributed by atoms with Gasteiger partial charge in [0.25, 0.3) is 0 Å². The van der Waals surface area contributed by atoms with Crippen molar-refractivity contribution >= 4 is 5.97 Å². The molecule has 0 aromatic rings. The average Bonchev–Trinajstić information content (AvgIpc) is 3.00. The van der Waals surface area contributed by atoms with Gasteiger partial charge in [-0.25, -0.2) is 0 Å². The highest BCUT2D eigenvalue weighted by molar-refractivity contribution is 5.79. The maximum absolute atomic E-state index is 13.6. The number of carbonyl (C=O) groups excluding carboxylic acids is 1. The Morgan fingerprint density at radius 1 is 0.891 bits per heavy atom. The SMILES string of the molecule is COC(=O)[C@]12CC[C@@H](C)[C@@](C)(O)[C@H]1C1=CC[C@H]3[C@@]4(C)[C@H](O)[C@H](O)[C@H](O[C@H]5OC[C@H](O)[C@@H](O)[C@@H]5O)C(C)(C)[C@@H]4CC[C@@]3(C)[C@]1(C)CC2. The highest BCUT2D eigenvalue weighted by Crippen LogP contribution is 2.76. The van der Waals surface area contributed by atoms with Gasteiger partial charge in [-0.15, -0.1) is 0 Å². The second kappa shape index (κ2) is 10.9. The van der Waals surface area contributed by atoms with Crippen molar-refractivity contribution in [2.75, 3.05) is 13.7 Å². The molecule has 0 radical (unpaired) electrons. The van der Waals surface area contributed by atoms with Gasteiger partial charge >= 0.3 is 5.97 Å². The molecule has 0 aromatic heterocycles. The van der Waals surface area contributed by atoms with E-state index in [9.17, 15) is 35.4 Å². The van der Waals surface area contributed by atoms with E-state index >= 15 is 0 Å². The van der Waals surface area contributed by atoms with Crippen molar-refractivity contribution in [3.63, 3.8) is 0 Å². The Morgan fingerprint density at radius 2 is 1.57 bits per heavy atom. The summed E-state index contributed by atoms with van der Waals surface area (Å²) < 4.78 is 17.2. The van der Waals surface area contributed by atoms with E-state index in [0.29, 0.717) is 19.3 Å². The minimum atomic E-state index is -1.50. The van der Waals surface area contributed by atoms with Crippen LogP contribution in [0.3, 0.4) is 0 Å². The lowest BCUT2D eigenvalue weighted by atomic mass is 9.32. The third kappa shape index (κ3) is 4.26. The van der Waals surface area contributed by atoms with E-state index in [1.807, 2.05) is 20.8 Å². The van der Waals surface area contributed by atoms with Gasteiger partial charge in [-0.2, -0.15) is 0 Å². The Hall–Kier alpha value is -1.11. The van der Waals surface area contributed by atoms with Crippen LogP contribution < -0.4 is 0 Å². The summed E-state index contributed by atoms with van der Waals surface area (Å²) >= 11 is 0. The summed E-state index contributed by atoms with van der Waals surface area (Å²) in [5.41, 5.74) is -2.73. The van der Waals surface area contributed by atoms with Gasteiger partial charge in [-0.3, -0.25) is 4.79 Å². The minimum Gasteiger partial charge on any atom is -0.469 e. The summed E-state index contributed by atoms with van der Waals surface area (Å²) in [4.78, 5) is 13.6. The first-order chi connectivity index (χ1) is 21.3. The Morgan fingerprint density at radius 3 is 2.22 bits per heavy atom. The average molecular weight is 651 g/mol. The largest absolute Gasteiger partial charge is 0.469 e. The predicted octanol–water partition coefficient (Wildman–Crippen LogP) is 2.70. The van der Waals surface area contributed by atoms with Gasteiger partial charge in [-0.1, -0.05) is 53.2 Å². The molecule has 0 amide bonds. The number of aliphatic hydroxyl groups is 6. The van der Waals surface area contributed by atoms with Gasteiger partial charge in [-0.05, 0) is 85.9 Å². The standard InChI is InChI=1S/C36H58O10/c1-18-11-14-36(30(42)44-8)16-15-32(4)19(26(36)35(18,7)43)9-10-22-33(32,5)13-12-21-31(2,3)28(25(40)27(41)34(21,22)6)46-29-24(39)23(38)20(37)17-45-29/h9,18,20-29,37-41,43H,10-17H2,1-8H3/t18-,20+,21+,22-,23-,24+,25+,26-,27-,28+,29-,32-,33-,34+,35-,36+/m1/s1. The van der Waals surface area contributed by atoms with Crippen molar-refractivity contribution in [1.29, 1.82) is 0 Å². The van der Waals surface area contributed by atoms with Crippen LogP contribution in [-0.2, 0) is 19.0 Å². The number of allylic oxidation sites excluding steroid dienone is 1. The molecule has 262 valence electrons. The van der Waals surface area contributed by atoms with Crippen LogP contribution in [0, 0.1) is 50.7 Å². The van der Waals surface area contributed by atoms with Crippen molar-refractivity contribution < 1.29 is 49.6 Å². The van der Waals surface area contributed by atoms with Crippen LogP contribution in [0.15, 0.2) is 11.6 Å². The van der Waals surface area contributed by atoms with Crippen LogP contribution in [0.5, 0.6) is 0 Å². The van der Waals surface area contributed by atoms with Crippen molar-refractivity contribution in [3.8, 4) is 0 Å². The first-order valence-corrected chi connectivity index (χ1v) is 17.5. The van der Waals surface area contributed by atoms with Crippen LogP contribution in [0.25, 0.3) is 0 Å². The van der Waals surface area contributed by atoms with Crippen LogP contribution in [-0.4, -0.2) is 98.8 Å². The Kier molecular flexibility index (Phi) is 8.27. The van der Waals surface area contributed by atoms with E-state index in [-0.39, 0.29) is 47.1 Å². The number of fused-ring (bicyclic) bond motifs is 7. The number of methoxy groups -OCH3 is 1. The van der Waals surface area contributed by atoms with Gasteiger partial charge in [0.15, 0.2) is 6.29 Å². The molecular formula is C36H58O10. The van der Waals surface area contributed by atoms with Crippen LogP contribution in [0.2, 0.25) is 0 Å². The molecule has 6 aliphatic rings. The van der Waals surface area contributed by atoms with Gasteiger partial charge in [0.1, 0.15) is 24.4 Å². The molecule has 10 nitrogen and oxygen atoms in total. The second-order valence-corrected chi connectivity index (χ2v) is 17.5. The first kappa shape index (κ1) is 34.7. The molecule has 0 unspecified atom stereocenters. The molecule has 6 N–H and O–H groups in total. The zero-order valence-electron chi connectivity index (χ0n) is 28.9. The van der Waals surface area contributed by atoms with Gasteiger partial charge in [0.2, 0.25) is 0 Å². The fraction of sp³-hybridized carbons (Fsp3) is 0.917. The van der Waals surface area contributed by atoms with E-state index in [4.69, 9.17) is 14.2 Å². The molecule has 0 spiro atoms. The van der Waals surface area contributed by atoms with Gasteiger partial charge in [0.05, 0.1) is 36.9 Å². The number of hydrogen-bond acceptors (Lipinski definition) is 10. The maximum Gasteiger partial charge on any atom is 0.312 e. The first-order valence-electron chi connectivity index (χ1n) is 17.5. The lowest BCUT2D eigenvalue weighted by molar-refractivity contribution is -0.339. The normalized spacial score (nSPS) is 56.4. The third-order valence-electron chi connectivity index (χ3n) is 15.5. The second-order valence-electron chi connectivity index (χ2n) is 17.5. The van der Waals surface area contributed by atoms with Gasteiger partial charge in [0, 0.05) is 11.3 Å². The highest BCUT2D eigenvalue weighted by atomic mass is 16.7. The molecule has 6 rings (SSSR count). The van der Waals surface area contributed by atoms with Crippen LogP contribution >= 0.6 is 0 Å². The molecule has 0 bridgehead atoms. The van der Waals surface area contributed by atoms with Crippen LogP contribution in [0.1, 0.15) is 93.4 Å². The lowest BCUT2D eigenvalue weighted by Gasteiger charge is -2.73. The number of aliphatic hydroxyl groups excluding tert-OH is 5. The smallest absolute Gasteiger partial charge is 0.312 e. The van der Waals surface area contributed by atoms with Crippen molar-refractivity contribution in [2.24, 2.45) is 50.7 Å². The number of carbonyl (C=O) groups is 1. The molecular weight excluding hydrogens is 592 g/mol. The van der Waals surface area contributed by atoms with Crippen molar-refractivity contribution in [1.82, 2.24) is 0 Å². The number of ether oxygens (including phenoxy) is 3. The number of rotatable bonds is 3. The molecule has 46 heavy (non-hydrogen) atoms. The highest BCUT2D eigenvalue weighted by Gasteiger charge is 2.74. The molecule has 4 saturated carbocycles. The molecule has 5 aliphatic carbocycles. The van der Waals surface area contributed by atoms with Crippen LogP contribution in [0.4, 0.5) is 0 Å². The fourth-order valence-electron chi connectivity index (χ4n) is 12.4. The van der Waals surface area contributed by atoms with E-state index in [2.05, 4.69) is 33.8 Å². The molecule has 10 heteroatoms. The summed E-state index contributed by atoms with van der Waals surface area (Å²) in [7, 11) is 1.45. The Bertz CT molecular complexity index is 1250. The molecule has 16 atom stereocenters. The van der Waals surface area contributed by atoms with Gasteiger partial charge < -0.3 is 44.8 Å². The summed E-state index contributed by atoms with van der Waals surface area (Å²) in [6, 6.07) is 0. The lowest BCUT2D eigenvalue weighted by Crippen LogP contribution is -2.73. The Balaban J connectivity index is 1.38. The molecule has 0 aromatic carbocycles. The molecule has 1 saturated heterocycles. The summed E-state index contributed by atoms with van der Waals surface area (Å²) in [5, 5.41) is 67.0. The zero-order chi connectivity index (χ0) is 34.0. The zero-order valence-corrected chi connectivity index (χ0v) is 28.9. The number of esters is 1. The quantitative estimate of drug-likeness (QED) is 0.152. The Labute approximate surface area is 273 Å². The summed E-state index contributed by atoms with van der Waals surface area (Å²) in [6.07, 6.45) is -1.43. The maximum atomic E-state index is 13.6. The van der Waals surface area contributed by atoms with E-state index < -0.39 is 64.8 Å². The topological polar surface area (TPSA) is 166 Å². The summed E-state index contributed by atoms with van der Waals surface area (Å²) in [5.74, 6) is -0.663. The van der Waals surface area contributed by atoms with E-state index in [1.54, 1.807) is 0 Å². The molecule has 1 heterocycles. The third-order valence-corrected chi connectivity index (χ3v) is 15.5. The molecule has 1 aliphatic heterocycles. The van der Waals surface area contributed by atoms with E-state index in [0.717, 1.165) is 31.3 Å². The monoisotopic (exact) mass is 650 g/mol. The molecule has 5 fully saturated rings. The summed E-state index contributed by atoms with van der Waals surface area (Å²) in [6.45, 7) is 14.6. The minimum absolute atomic E-state index is 0.0116. The number of hydrogen-bond donors (Lipinski definition) is 6. The predicted molar refractivity (Wildman–Crippen MR) is 168 cm³/mol. The van der Waals surface area contributed by atoms with Crippen molar-refractivity contribution in [2.45, 2.75) is 142 Å². The van der Waals surface area contributed by atoms with Crippen molar-refractivity contribution in [3.05, 3.63) is 11.6 Å².